The molecule has 1 aromatic heterocycles. The van der Waals surface area contributed by atoms with Crippen molar-refractivity contribution in [2.75, 3.05) is 13.7 Å². The minimum atomic E-state index is -2.73. The van der Waals surface area contributed by atoms with Crippen molar-refractivity contribution in [2.45, 2.75) is 19.1 Å². The lowest BCUT2D eigenvalue weighted by Crippen LogP contribution is -2.35. The quantitative estimate of drug-likeness (QED) is 0.802. The molecule has 6 nitrogen and oxygen atoms in total. The van der Waals surface area contributed by atoms with E-state index in [1.807, 2.05) is 0 Å². The number of benzene rings is 1. The van der Waals surface area contributed by atoms with Gasteiger partial charge in [0, 0.05) is 0 Å². The second-order valence-electron chi connectivity index (χ2n) is 4.65. The summed E-state index contributed by atoms with van der Waals surface area (Å²) in [6.45, 7) is -0.418. The van der Waals surface area contributed by atoms with E-state index in [-0.39, 0.29) is 13.2 Å². The van der Waals surface area contributed by atoms with Gasteiger partial charge in [-0.15, -0.1) is 0 Å². The summed E-state index contributed by atoms with van der Waals surface area (Å²) in [4.78, 5) is 3.70. The van der Waals surface area contributed by atoms with Gasteiger partial charge >= 0.3 is 0 Å². The fraction of sp³-hybridized carbons (Fsp3) is 0.429. The van der Waals surface area contributed by atoms with Crippen molar-refractivity contribution in [2.24, 2.45) is 5.92 Å². The summed E-state index contributed by atoms with van der Waals surface area (Å²) in [7, 11) is 1.46. The third kappa shape index (κ3) is 4.14. The minimum Gasteiger partial charge on any atom is -0.493 e. The molecule has 8 heteroatoms. The summed E-state index contributed by atoms with van der Waals surface area (Å²) in [6, 6.07) is 6.74. The zero-order valence-corrected chi connectivity index (χ0v) is 12.0. The van der Waals surface area contributed by atoms with E-state index in [1.165, 1.54) is 24.4 Å². The van der Waals surface area contributed by atoms with Crippen LogP contribution < -0.4 is 9.47 Å². The second kappa shape index (κ2) is 7.69. The molecule has 2 aromatic rings. The van der Waals surface area contributed by atoms with Crippen molar-refractivity contribution >= 4 is 0 Å². The van der Waals surface area contributed by atoms with Crippen LogP contribution >= 0.6 is 0 Å². The third-order valence-electron chi connectivity index (χ3n) is 3.16. The number of alkyl halides is 2. The molecule has 0 aliphatic heterocycles. The van der Waals surface area contributed by atoms with E-state index in [1.54, 1.807) is 24.3 Å². The molecule has 0 bridgehead atoms. The monoisotopic (exact) mass is 313 g/mol. The third-order valence-corrected chi connectivity index (χ3v) is 3.16. The van der Waals surface area contributed by atoms with Gasteiger partial charge in [0.1, 0.15) is 12.7 Å². The molecule has 2 atom stereocenters. The zero-order chi connectivity index (χ0) is 15.9. The number of halogens is 2. The number of nitrogens with zero attached hydrogens (tertiary/aromatic N) is 3. The Morgan fingerprint density at radius 3 is 2.59 bits per heavy atom. The Bertz CT molecular complexity index is 566. The summed E-state index contributed by atoms with van der Waals surface area (Å²) in [5.41, 5.74) is 0. The molecule has 1 N–H and O–H groups in total. The van der Waals surface area contributed by atoms with Gasteiger partial charge < -0.3 is 14.6 Å². The van der Waals surface area contributed by atoms with Crippen LogP contribution in [0, 0.1) is 5.92 Å². The van der Waals surface area contributed by atoms with E-state index >= 15 is 0 Å². The van der Waals surface area contributed by atoms with Gasteiger partial charge in [0.05, 0.1) is 32.3 Å². The summed E-state index contributed by atoms with van der Waals surface area (Å²) in [5, 5.41) is 13.8. The van der Waals surface area contributed by atoms with Crippen LogP contribution in [0.2, 0.25) is 0 Å². The molecule has 0 saturated carbocycles. The first-order chi connectivity index (χ1) is 10.6. The van der Waals surface area contributed by atoms with Crippen molar-refractivity contribution in [1.29, 1.82) is 0 Å². The fourth-order valence-electron chi connectivity index (χ4n) is 1.93. The first-order valence-corrected chi connectivity index (χ1v) is 6.66. The predicted molar refractivity (Wildman–Crippen MR) is 74.0 cm³/mol. The molecular formula is C14H17F2N3O3. The number of rotatable bonds is 8. The van der Waals surface area contributed by atoms with Crippen LogP contribution in [0.25, 0.3) is 0 Å². The number of para-hydroxylation sites is 2. The molecular weight excluding hydrogens is 296 g/mol. The van der Waals surface area contributed by atoms with Crippen molar-refractivity contribution in [3.63, 3.8) is 0 Å². The van der Waals surface area contributed by atoms with Crippen LogP contribution in [0.1, 0.15) is 0 Å². The smallest absolute Gasteiger partial charge is 0.247 e. The average molecular weight is 313 g/mol. The Morgan fingerprint density at radius 1 is 1.27 bits per heavy atom. The van der Waals surface area contributed by atoms with E-state index in [2.05, 4.69) is 10.1 Å². The Balaban J connectivity index is 1.99. The lowest BCUT2D eigenvalue weighted by Gasteiger charge is -2.22. The number of ether oxygens (including phenoxy) is 2. The number of hydrogen-bond acceptors (Lipinski definition) is 5. The van der Waals surface area contributed by atoms with Crippen LogP contribution in [-0.2, 0) is 6.54 Å². The molecule has 22 heavy (non-hydrogen) atoms. The molecule has 0 saturated heterocycles. The number of aliphatic hydroxyl groups excluding tert-OH is 1. The number of methoxy groups -OCH3 is 1. The van der Waals surface area contributed by atoms with Gasteiger partial charge in [-0.05, 0) is 12.1 Å². The molecule has 0 spiro atoms. The number of aliphatic hydroxyl groups is 1. The highest BCUT2D eigenvalue weighted by Gasteiger charge is 2.30. The maximum Gasteiger partial charge on any atom is 0.247 e. The predicted octanol–water partition coefficient (Wildman–Crippen LogP) is 1.61. The van der Waals surface area contributed by atoms with Gasteiger partial charge in [-0.2, -0.15) is 5.10 Å². The molecule has 0 fully saturated rings. The van der Waals surface area contributed by atoms with E-state index in [9.17, 15) is 13.9 Å². The Labute approximate surface area is 126 Å². The Hall–Kier alpha value is -2.22. The highest BCUT2D eigenvalue weighted by atomic mass is 19.3. The van der Waals surface area contributed by atoms with Gasteiger partial charge in [-0.3, -0.25) is 4.68 Å². The molecule has 0 aliphatic carbocycles. The van der Waals surface area contributed by atoms with Crippen LogP contribution in [0.5, 0.6) is 11.5 Å². The molecule has 1 heterocycles. The van der Waals surface area contributed by atoms with Gasteiger partial charge in [0.2, 0.25) is 6.43 Å². The first-order valence-electron chi connectivity index (χ1n) is 6.66. The van der Waals surface area contributed by atoms with Crippen molar-refractivity contribution < 1.29 is 23.4 Å². The van der Waals surface area contributed by atoms with E-state index in [0.29, 0.717) is 11.5 Å². The van der Waals surface area contributed by atoms with Gasteiger partial charge in [0.15, 0.2) is 11.5 Å². The zero-order valence-electron chi connectivity index (χ0n) is 12.0. The maximum absolute atomic E-state index is 13.1. The van der Waals surface area contributed by atoms with E-state index < -0.39 is 18.4 Å². The summed E-state index contributed by atoms with van der Waals surface area (Å²) in [6.07, 6.45) is -1.41. The summed E-state index contributed by atoms with van der Waals surface area (Å²) in [5.74, 6) is -0.556. The average Bonchev–Trinajstić information content (AvgIpc) is 3.00. The van der Waals surface area contributed by atoms with E-state index in [4.69, 9.17) is 9.47 Å². The maximum atomic E-state index is 13.1. The summed E-state index contributed by atoms with van der Waals surface area (Å²) >= 11 is 0. The second-order valence-corrected chi connectivity index (χ2v) is 4.65. The van der Waals surface area contributed by atoms with Gasteiger partial charge in [0.25, 0.3) is 0 Å². The number of hydrogen-bond donors (Lipinski definition) is 1. The first kappa shape index (κ1) is 16.2. The SMILES string of the molecule is COc1ccccc1OCC(C(F)F)C(O)Cn1cncn1. The van der Waals surface area contributed by atoms with Crippen LogP contribution in [0.3, 0.4) is 0 Å². The van der Waals surface area contributed by atoms with Crippen LogP contribution in [0.15, 0.2) is 36.9 Å². The van der Waals surface area contributed by atoms with Crippen LogP contribution in [0.4, 0.5) is 8.78 Å². The van der Waals surface area contributed by atoms with Gasteiger partial charge in [-0.1, -0.05) is 12.1 Å². The lowest BCUT2D eigenvalue weighted by molar-refractivity contribution is -0.0370. The van der Waals surface area contributed by atoms with Crippen molar-refractivity contribution in [1.82, 2.24) is 14.8 Å². The van der Waals surface area contributed by atoms with Crippen molar-refractivity contribution in [3.05, 3.63) is 36.9 Å². The Kier molecular flexibility index (Phi) is 5.65. The molecule has 120 valence electrons. The highest BCUT2D eigenvalue weighted by molar-refractivity contribution is 5.39. The lowest BCUT2D eigenvalue weighted by atomic mass is 10.0. The molecule has 2 rings (SSSR count). The minimum absolute atomic E-state index is 0.0791. The molecule has 0 radical (unpaired) electrons. The van der Waals surface area contributed by atoms with Crippen molar-refractivity contribution in [3.8, 4) is 11.5 Å². The van der Waals surface area contributed by atoms with Crippen LogP contribution in [-0.4, -0.2) is 46.1 Å². The largest absolute Gasteiger partial charge is 0.493 e. The van der Waals surface area contributed by atoms with E-state index in [0.717, 1.165) is 0 Å². The normalized spacial score (nSPS) is 13.9. The molecule has 0 amide bonds. The highest BCUT2D eigenvalue weighted by Crippen LogP contribution is 2.27. The Morgan fingerprint density at radius 2 is 2.00 bits per heavy atom. The standard InChI is InChI=1S/C14H17F2N3O3/c1-21-12-4-2-3-5-13(12)22-7-10(14(15)16)11(20)6-19-9-17-8-18-19/h2-5,8-11,14,20H,6-7H2,1H3. The molecule has 1 aromatic carbocycles. The molecule has 0 aliphatic rings. The fourth-order valence-corrected chi connectivity index (χ4v) is 1.93. The molecule has 2 unspecified atom stereocenters. The number of aromatic nitrogens is 3. The van der Waals surface area contributed by atoms with Gasteiger partial charge in [-0.25, -0.2) is 13.8 Å². The summed E-state index contributed by atoms with van der Waals surface area (Å²) < 4.78 is 38.1. The topological polar surface area (TPSA) is 69.4 Å².